The summed E-state index contributed by atoms with van der Waals surface area (Å²) in [7, 11) is 0. The molecule has 0 aliphatic carbocycles. The van der Waals surface area contributed by atoms with Crippen molar-refractivity contribution in [1.82, 2.24) is 0 Å². The van der Waals surface area contributed by atoms with Crippen molar-refractivity contribution >= 4 is 43.1 Å². The van der Waals surface area contributed by atoms with Crippen LogP contribution in [0.15, 0.2) is 54.6 Å². The molecule has 0 aliphatic heterocycles. The van der Waals surface area contributed by atoms with E-state index in [4.69, 9.17) is 0 Å². The van der Waals surface area contributed by atoms with Crippen LogP contribution in [0.2, 0.25) is 0 Å². The van der Waals surface area contributed by atoms with Crippen molar-refractivity contribution in [2.24, 2.45) is 0 Å². The Morgan fingerprint density at radius 1 is 0.615 bits per heavy atom. The van der Waals surface area contributed by atoms with Crippen LogP contribution in [0.4, 0.5) is 0 Å². The molecule has 0 bridgehead atoms. The molecule has 0 heteroatoms. The maximum absolute atomic E-state index is 2.43. The van der Waals surface area contributed by atoms with Crippen LogP contribution in [-0.2, 0) is 5.41 Å². The van der Waals surface area contributed by atoms with Gasteiger partial charge in [0, 0.05) is 0 Å². The molecule has 0 saturated carbocycles. The summed E-state index contributed by atoms with van der Waals surface area (Å²) in [5.41, 5.74) is 4.22. The van der Waals surface area contributed by atoms with Crippen LogP contribution in [0.1, 0.15) is 37.5 Å². The molecule has 26 heavy (non-hydrogen) atoms. The molecular weight excluding hydrogens is 312 g/mol. The predicted octanol–water partition coefficient (Wildman–Crippen LogP) is 7.65. The van der Waals surface area contributed by atoms with Crippen LogP contribution in [0, 0.1) is 13.8 Å². The molecule has 0 radical (unpaired) electrons. The van der Waals surface area contributed by atoms with Crippen LogP contribution < -0.4 is 0 Å². The van der Waals surface area contributed by atoms with E-state index >= 15 is 0 Å². The van der Waals surface area contributed by atoms with Gasteiger partial charge in [0.1, 0.15) is 0 Å². The van der Waals surface area contributed by atoms with Gasteiger partial charge in [-0.05, 0) is 85.1 Å². The van der Waals surface area contributed by atoms with Gasteiger partial charge in [-0.15, -0.1) is 0 Å². The number of hydrogen-bond acceptors (Lipinski definition) is 0. The fourth-order valence-corrected chi connectivity index (χ4v) is 4.53. The lowest BCUT2D eigenvalue weighted by molar-refractivity contribution is 0.592. The smallest absolute Gasteiger partial charge is 0.00237 e. The van der Waals surface area contributed by atoms with Crippen molar-refractivity contribution in [3.05, 3.63) is 71.3 Å². The Labute approximate surface area is 154 Å². The quantitative estimate of drug-likeness (QED) is 0.201. The SMILES string of the molecule is Cc1cc2cc(C(C)(C)C)cc3c4cccc5c(C)ccc(c(c1)c23)c54. The third kappa shape index (κ3) is 2.02. The maximum atomic E-state index is 2.43. The van der Waals surface area contributed by atoms with Crippen molar-refractivity contribution in [1.29, 1.82) is 0 Å². The highest BCUT2D eigenvalue weighted by molar-refractivity contribution is 6.33. The Bertz CT molecular complexity index is 1310. The van der Waals surface area contributed by atoms with E-state index in [0.717, 1.165) is 0 Å². The Morgan fingerprint density at radius 3 is 2.08 bits per heavy atom. The topological polar surface area (TPSA) is 0 Å². The first-order valence-corrected chi connectivity index (χ1v) is 9.46. The van der Waals surface area contributed by atoms with Gasteiger partial charge in [0.25, 0.3) is 0 Å². The zero-order valence-electron chi connectivity index (χ0n) is 16.2. The normalized spacial score (nSPS) is 12.8. The Kier molecular flexibility index (Phi) is 2.99. The first-order valence-electron chi connectivity index (χ1n) is 9.46. The maximum Gasteiger partial charge on any atom is -0.00237 e. The van der Waals surface area contributed by atoms with E-state index in [-0.39, 0.29) is 5.41 Å². The van der Waals surface area contributed by atoms with Gasteiger partial charge < -0.3 is 0 Å². The van der Waals surface area contributed by atoms with Crippen molar-refractivity contribution in [2.75, 3.05) is 0 Å². The van der Waals surface area contributed by atoms with Gasteiger partial charge in [0.2, 0.25) is 0 Å². The van der Waals surface area contributed by atoms with Crippen molar-refractivity contribution in [2.45, 2.75) is 40.0 Å². The summed E-state index contributed by atoms with van der Waals surface area (Å²) in [5.74, 6) is 0. The van der Waals surface area contributed by atoms with Crippen molar-refractivity contribution < 1.29 is 0 Å². The summed E-state index contributed by atoms with van der Waals surface area (Å²) < 4.78 is 0. The molecule has 0 amide bonds. The zero-order valence-corrected chi connectivity index (χ0v) is 16.2. The second kappa shape index (κ2) is 4.98. The lowest BCUT2D eigenvalue weighted by Crippen LogP contribution is -2.11. The first-order chi connectivity index (χ1) is 12.3. The minimum atomic E-state index is 0.134. The molecule has 128 valence electrons. The van der Waals surface area contributed by atoms with Crippen LogP contribution >= 0.6 is 0 Å². The van der Waals surface area contributed by atoms with E-state index < -0.39 is 0 Å². The lowest BCUT2D eigenvalue weighted by Gasteiger charge is -2.23. The summed E-state index contributed by atoms with van der Waals surface area (Å²) in [6, 6.07) is 20.9. The summed E-state index contributed by atoms with van der Waals surface area (Å²) in [6.45, 7) is 11.3. The first kappa shape index (κ1) is 15.6. The zero-order chi connectivity index (χ0) is 18.2. The third-order valence-electron chi connectivity index (χ3n) is 5.90. The van der Waals surface area contributed by atoms with E-state index in [1.807, 2.05) is 0 Å². The molecule has 0 heterocycles. The second-order valence-electron chi connectivity index (χ2n) is 8.84. The van der Waals surface area contributed by atoms with Gasteiger partial charge in [0.05, 0.1) is 0 Å². The average Bonchev–Trinajstić information content (AvgIpc) is 2.59. The van der Waals surface area contributed by atoms with Crippen LogP contribution in [0.3, 0.4) is 0 Å². The molecule has 5 aromatic carbocycles. The largest absolute Gasteiger partial charge is 0.0610 e. The summed E-state index contributed by atoms with van der Waals surface area (Å²) >= 11 is 0. The Morgan fingerprint density at radius 2 is 1.31 bits per heavy atom. The van der Waals surface area contributed by atoms with Gasteiger partial charge >= 0.3 is 0 Å². The molecular formula is C26H24. The number of hydrogen-bond donors (Lipinski definition) is 0. The molecule has 0 fully saturated rings. The molecule has 0 nitrogen and oxygen atoms in total. The highest BCUT2D eigenvalue weighted by Gasteiger charge is 2.19. The Hall–Kier alpha value is -2.60. The molecule has 0 aromatic heterocycles. The molecule has 0 aliphatic rings. The average molecular weight is 336 g/mol. The summed E-state index contributed by atoms with van der Waals surface area (Å²) in [5, 5.41) is 11.1. The van der Waals surface area contributed by atoms with Gasteiger partial charge in [-0.3, -0.25) is 0 Å². The van der Waals surface area contributed by atoms with E-state index in [1.165, 1.54) is 59.8 Å². The fraction of sp³-hybridized carbons (Fsp3) is 0.231. The number of aryl methyl sites for hydroxylation is 2. The third-order valence-corrected chi connectivity index (χ3v) is 5.90. The summed E-state index contributed by atoms with van der Waals surface area (Å²) in [4.78, 5) is 0. The van der Waals surface area contributed by atoms with Gasteiger partial charge in [0.15, 0.2) is 0 Å². The van der Waals surface area contributed by atoms with Crippen LogP contribution in [0.25, 0.3) is 43.1 Å². The van der Waals surface area contributed by atoms with Gasteiger partial charge in [-0.25, -0.2) is 0 Å². The van der Waals surface area contributed by atoms with E-state index in [9.17, 15) is 0 Å². The minimum Gasteiger partial charge on any atom is -0.0610 e. The molecule has 0 unspecified atom stereocenters. The number of benzene rings is 5. The minimum absolute atomic E-state index is 0.134. The standard InChI is InChI=1S/C26H24/c1-15-11-17-13-18(26(3,4)5)14-23-20-8-6-7-19-16(2)9-10-21(25(19)20)22(12-15)24(17)23/h6-14H,1-5H3. The van der Waals surface area contributed by atoms with Gasteiger partial charge in [-0.2, -0.15) is 0 Å². The second-order valence-corrected chi connectivity index (χ2v) is 8.84. The van der Waals surface area contributed by atoms with Gasteiger partial charge in [-0.1, -0.05) is 69.3 Å². The van der Waals surface area contributed by atoms with E-state index in [1.54, 1.807) is 0 Å². The van der Waals surface area contributed by atoms with E-state index in [2.05, 4.69) is 89.2 Å². The predicted molar refractivity (Wildman–Crippen MR) is 116 cm³/mol. The molecule has 0 spiro atoms. The van der Waals surface area contributed by atoms with E-state index in [0.29, 0.717) is 0 Å². The number of rotatable bonds is 0. The van der Waals surface area contributed by atoms with Crippen molar-refractivity contribution in [3.8, 4) is 0 Å². The molecule has 0 saturated heterocycles. The highest BCUT2D eigenvalue weighted by Crippen LogP contribution is 2.43. The molecule has 0 N–H and O–H groups in total. The molecule has 5 aromatic rings. The molecule has 0 atom stereocenters. The summed E-state index contributed by atoms with van der Waals surface area (Å²) in [6.07, 6.45) is 0. The highest BCUT2D eigenvalue weighted by atomic mass is 14.2. The number of fused-ring (bicyclic) bond motifs is 2. The molecule has 5 rings (SSSR count). The van der Waals surface area contributed by atoms with Crippen molar-refractivity contribution in [3.63, 3.8) is 0 Å². The Balaban J connectivity index is 2.17. The monoisotopic (exact) mass is 336 g/mol. The van der Waals surface area contributed by atoms with Crippen LogP contribution in [0.5, 0.6) is 0 Å². The fourth-order valence-electron chi connectivity index (χ4n) is 4.53. The lowest BCUT2D eigenvalue weighted by atomic mass is 9.81. The van der Waals surface area contributed by atoms with Crippen LogP contribution in [-0.4, -0.2) is 0 Å².